The van der Waals surface area contributed by atoms with E-state index in [4.69, 9.17) is 0 Å². The van der Waals surface area contributed by atoms with Crippen molar-refractivity contribution in [2.45, 2.75) is 12.3 Å². The first-order chi connectivity index (χ1) is 10.9. The molecule has 2 aromatic rings. The van der Waals surface area contributed by atoms with Crippen molar-refractivity contribution in [3.8, 4) is 0 Å². The average Bonchev–Trinajstić information content (AvgIpc) is 2.52. The Hall–Kier alpha value is -2.89. The van der Waals surface area contributed by atoms with Crippen molar-refractivity contribution in [3.63, 3.8) is 0 Å². The van der Waals surface area contributed by atoms with Gasteiger partial charge in [0.2, 0.25) is 0 Å². The Morgan fingerprint density at radius 3 is 2.39 bits per heavy atom. The summed E-state index contributed by atoms with van der Waals surface area (Å²) in [5.74, 6) is -1.69. The maximum Gasteiger partial charge on any atom is 0.311 e. The topological polar surface area (TPSA) is 83.7 Å². The normalized spacial score (nSPS) is 11.7. The second kappa shape index (κ2) is 6.91. The third-order valence-corrected chi connectivity index (χ3v) is 3.67. The van der Waals surface area contributed by atoms with Crippen LogP contribution in [0.5, 0.6) is 0 Å². The van der Waals surface area contributed by atoms with Crippen LogP contribution in [0.25, 0.3) is 0 Å². The molecule has 2 rings (SSSR count). The van der Waals surface area contributed by atoms with E-state index in [1.165, 1.54) is 24.3 Å². The molecule has 120 valence electrons. The lowest BCUT2D eigenvalue weighted by Gasteiger charge is -2.16. The summed E-state index contributed by atoms with van der Waals surface area (Å²) in [5, 5.41) is 20.2. The van der Waals surface area contributed by atoms with E-state index in [0.29, 0.717) is 12.0 Å². The predicted molar refractivity (Wildman–Crippen MR) is 87.9 cm³/mol. The number of anilines is 1. The standard InChI is InChI=1S/C17H18N2O4/c1-18(2)15-5-3-4-12(10-15)11-16(17(20)21)13-6-8-14(9-7-13)19(22)23/h3-10,16H,11H2,1-2H3,(H,20,21). The number of hydrogen-bond acceptors (Lipinski definition) is 4. The molecule has 6 nitrogen and oxygen atoms in total. The maximum atomic E-state index is 11.6. The van der Waals surface area contributed by atoms with Crippen LogP contribution in [0, 0.1) is 10.1 Å². The fourth-order valence-electron chi connectivity index (χ4n) is 2.37. The van der Waals surface area contributed by atoms with Crippen molar-refractivity contribution in [2.24, 2.45) is 0 Å². The minimum absolute atomic E-state index is 0.0486. The molecular formula is C17H18N2O4. The van der Waals surface area contributed by atoms with Crippen LogP contribution in [-0.4, -0.2) is 30.1 Å². The van der Waals surface area contributed by atoms with E-state index in [1.54, 1.807) is 0 Å². The lowest BCUT2D eigenvalue weighted by molar-refractivity contribution is -0.384. The van der Waals surface area contributed by atoms with Gasteiger partial charge in [-0.25, -0.2) is 0 Å². The van der Waals surface area contributed by atoms with Gasteiger partial charge in [0.15, 0.2) is 0 Å². The van der Waals surface area contributed by atoms with Gasteiger partial charge in [-0.05, 0) is 29.7 Å². The van der Waals surface area contributed by atoms with Gasteiger partial charge in [-0.2, -0.15) is 0 Å². The Labute approximate surface area is 134 Å². The summed E-state index contributed by atoms with van der Waals surface area (Å²) in [6.07, 6.45) is 0.328. The summed E-state index contributed by atoms with van der Waals surface area (Å²) in [5.41, 5.74) is 2.41. The van der Waals surface area contributed by atoms with Crippen LogP contribution in [0.3, 0.4) is 0 Å². The second-order valence-corrected chi connectivity index (χ2v) is 5.51. The molecule has 0 fully saturated rings. The van der Waals surface area contributed by atoms with Crippen LogP contribution < -0.4 is 4.90 Å². The molecular weight excluding hydrogens is 296 g/mol. The van der Waals surface area contributed by atoms with Crippen molar-refractivity contribution in [2.75, 3.05) is 19.0 Å². The third-order valence-electron chi connectivity index (χ3n) is 3.67. The van der Waals surface area contributed by atoms with E-state index < -0.39 is 16.8 Å². The van der Waals surface area contributed by atoms with Crippen molar-refractivity contribution < 1.29 is 14.8 Å². The Bertz CT molecular complexity index is 711. The number of aliphatic carboxylic acids is 1. The number of rotatable bonds is 6. The van der Waals surface area contributed by atoms with E-state index in [0.717, 1.165) is 11.3 Å². The second-order valence-electron chi connectivity index (χ2n) is 5.51. The molecule has 0 heterocycles. The molecule has 0 radical (unpaired) electrons. The molecule has 1 atom stereocenters. The first-order valence-corrected chi connectivity index (χ1v) is 7.12. The van der Waals surface area contributed by atoms with E-state index in [-0.39, 0.29) is 5.69 Å². The molecule has 0 amide bonds. The SMILES string of the molecule is CN(C)c1cccc(CC(C(=O)O)c2ccc([N+](=O)[O-])cc2)c1. The van der Waals surface area contributed by atoms with Gasteiger partial charge < -0.3 is 10.0 Å². The van der Waals surface area contributed by atoms with Gasteiger partial charge in [-0.1, -0.05) is 24.3 Å². The number of nitrogens with zero attached hydrogens (tertiary/aromatic N) is 2. The minimum atomic E-state index is -0.950. The molecule has 23 heavy (non-hydrogen) atoms. The molecule has 6 heteroatoms. The number of benzene rings is 2. The highest BCUT2D eigenvalue weighted by atomic mass is 16.6. The molecule has 0 aromatic heterocycles. The Morgan fingerprint density at radius 1 is 1.22 bits per heavy atom. The molecule has 0 saturated heterocycles. The van der Waals surface area contributed by atoms with Crippen LogP contribution >= 0.6 is 0 Å². The number of carboxylic acid groups (broad SMARTS) is 1. The molecule has 0 bridgehead atoms. The molecule has 1 unspecified atom stereocenters. The zero-order valence-corrected chi connectivity index (χ0v) is 13.0. The quantitative estimate of drug-likeness (QED) is 0.654. The van der Waals surface area contributed by atoms with E-state index in [1.807, 2.05) is 43.3 Å². The largest absolute Gasteiger partial charge is 0.481 e. The summed E-state index contributed by atoms with van der Waals surface area (Å²) in [4.78, 5) is 23.7. The first-order valence-electron chi connectivity index (χ1n) is 7.12. The number of carboxylic acids is 1. The van der Waals surface area contributed by atoms with Gasteiger partial charge in [0.25, 0.3) is 5.69 Å². The monoisotopic (exact) mass is 314 g/mol. The van der Waals surface area contributed by atoms with Crippen LogP contribution in [0.2, 0.25) is 0 Å². The summed E-state index contributed by atoms with van der Waals surface area (Å²) >= 11 is 0. The summed E-state index contributed by atoms with van der Waals surface area (Å²) < 4.78 is 0. The van der Waals surface area contributed by atoms with Crippen LogP contribution in [0.1, 0.15) is 17.0 Å². The number of nitro benzene ring substituents is 1. The summed E-state index contributed by atoms with van der Waals surface area (Å²) in [6, 6.07) is 13.3. The highest BCUT2D eigenvalue weighted by Crippen LogP contribution is 2.25. The lowest BCUT2D eigenvalue weighted by Crippen LogP contribution is -2.15. The fraction of sp³-hybridized carbons (Fsp3) is 0.235. The zero-order valence-electron chi connectivity index (χ0n) is 13.0. The highest BCUT2D eigenvalue weighted by molar-refractivity contribution is 5.76. The first kappa shape index (κ1) is 16.5. The number of nitro groups is 1. The number of carbonyl (C=O) groups is 1. The van der Waals surface area contributed by atoms with E-state index in [9.17, 15) is 20.0 Å². The molecule has 0 aliphatic rings. The molecule has 0 aliphatic heterocycles. The fourth-order valence-corrected chi connectivity index (χ4v) is 2.37. The van der Waals surface area contributed by atoms with Gasteiger partial charge in [0, 0.05) is 31.9 Å². The molecule has 0 aliphatic carbocycles. The van der Waals surface area contributed by atoms with Crippen molar-refractivity contribution in [1.29, 1.82) is 0 Å². The van der Waals surface area contributed by atoms with E-state index >= 15 is 0 Å². The zero-order chi connectivity index (χ0) is 17.0. The van der Waals surface area contributed by atoms with Crippen molar-refractivity contribution in [1.82, 2.24) is 0 Å². The summed E-state index contributed by atoms with van der Waals surface area (Å²) in [7, 11) is 3.84. The van der Waals surface area contributed by atoms with Crippen molar-refractivity contribution in [3.05, 3.63) is 69.8 Å². The van der Waals surface area contributed by atoms with E-state index in [2.05, 4.69) is 0 Å². The minimum Gasteiger partial charge on any atom is -0.481 e. The predicted octanol–water partition coefficient (Wildman–Crippen LogP) is 3.07. The van der Waals surface area contributed by atoms with Crippen LogP contribution in [0.4, 0.5) is 11.4 Å². The van der Waals surface area contributed by atoms with Gasteiger partial charge >= 0.3 is 5.97 Å². The Morgan fingerprint density at radius 2 is 1.87 bits per heavy atom. The average molecular weight is 314 g/mol. The Kier molecular flexibility index (Phi) is 4.95. The number of non-ortho nitro benzene ring substituents is 1. The van der Waals surface area contributed by atoms with Gasteiger partial charge in [0.1, 0.15) is 0 Å². The summed E-state index contributed by atoms with van der Waals surface area (Å²) in [6.45, 7) is 0. The molecule has 1 N–H and O–H groups in total. The molecule has 0 saturated carbocycles. The van der Waals surface area contributed by atoms with Crippen LogP contribution in [-0.2, 0) is 11.2 Å². The Balaban J connectivity index is 2.27. The highest BCUT2D eigenvalue weighted by Gasteiger charge is 2.21. The van der Waals surface area contributed by atoms with Gasteiger partial charge in [-0.3, -0.25) is 14.9 Å². The van der Waals surface area contributed by atoms with Gasteiger partial charge in [-0.15, -0.1) is 0 Å². The molecule has 2 aromatic carbocycles. The lowest BCUT2D eigenvalue weighted by atomic mass is 9.91. The number of hydrogen-bond donors (Lipinski definition) is 1. The third kappa shape index (κ3) is 4.06. The van der Waals surface area contributed by atoms with Gasteiger partial charge in [0.05, 0.1) is 10.8 Å². The van der Waals surface area contributed by atoms with Crippen molar-refractivity contribution >= 4 is 17.3 Å². The smallest absolute Gasteiger partial charge is 0.311 e. The maximum absolute atomic E-state index is 11.6. The van der Waals surface area contributed by atoms with Crippen LogP contribution in [0.15, 0.2) is 48.5 Å². The molecule has 0 spiro atoms.